The van der Waals surface area contributed by atoms with Gasteiger partial charge in [0, 0.05) is 32.5 Å². The van der Waals surface area contributed by atoms with Gasteiger partial charge in [0.15, 0.2) is 0 Å². The van der Waals surface area contributed by atoms with Gasteiger partial charge in [-0.1, -0.05) is 54.6 Å². The van der Waals surface area contributed by atoms with Crippen molar-refractivity contribution in [2.24, 2.45) is 0 Å². The Balaban J connectivity index is 1.68. The van der Waals surface area contributed by atoms with Crippen LogP contribution in [0.2, 0.25) is 0 Å². The number of aromatic nitrogens is 1. The molecule has 0 aliphatic carbocycles. The Kier molecular flexibility index (Phi) is 4.91. The van der Waals surface area contributed by atoms with E-state index in [9.17, 15) is 9.90 Å². The van der Waals surface area contributed by atoms with Gasteiger partial charge in [-0.2, -0.15) is 0 Å². The lowest BCUT2D eigenvalue weighted by atomic mass is 9.92. The number of thiophene rings is 1. The molecule has 1 aliphatic rings. The van der Waals surface area contributed by atoms with Gasteiger partial charge >= 0.3 is 0 Å². The molecular weight excluding hydrogens is 392 g/mol. The number of carbonyl (C=O) groups excluding carboxylic acids is 1. The fourth-order valence-corrected chi connectivity index (χ4v) is 4.94. The van der Waals surface area contributed by atoms with Crippen molar-refractivity contribution >= 4 is 39.9 Å². The van der Waals surface area contributed by atoms with Gasteiger partial charge in [0.2, 0.25) is 0 Å². The molecule has 1 N–H and O–H groups in total. The molecular formula is C25H20N2O2S. The quantitative estimate of drug-likeness (QED) is 0.561. The van der Waals surface area contributed by atoms with E-state index >= 15 is 0 Å². The number of rotatable bonds is 4. The van der Waals surface area contributed by atoms with E-state index < -0.39 is 5.97 Å². The lowest BCUT2D eigenvalue weighted by Crippen LogP contribution is -3.10. The van der Waals surface area contributed by atoms with E-state index in [0.717, 1.165) is 34.8 Å². The summed E-state index contributed by atoms with van der Waals surface area (Å²) in [5, 5.41) is 14.9. The predicted octanol–water partition coefficient (Wildman–Crippen LogP) is 2.80. The molecule has 2 aromatic carbocycles. The molecule has 1 aliphatic heterocycles. The van der Waals surface area contributed by atoms with E-state index in [1.54, 1.807) is 11.3 Å². The van der Waals surface area contributed by atoms with Crippen LogP contribution in [0.1, 0.15) is 32.1 Å². The van der Waals surface area contributed by atoms with Gasteiger partial charge in [-0.25, -0.2) is 4.98 Å². The van der Waals surface area contributed by atoms with Crippen LogP contribution in [-0.4, -0.2) is 17.5 Å². The van der Waals surface area contributed by atoms with E-state index in [2.05, 4.69) is 24.3 Å². The zero-order chi connectivity index (χ0) is 20.5. The Hall–Kier alpha value is -3.28. The minimum absolute atomic E-state index is 0.276. The first-order valence-corrected chi connectivity index (χ1v) is 10.8. The largest absolute Gasteiger partial charge is 0.545 e. The van der Waals surface area contributed by atoms with Crippen LogP contribution in [0, 0.1) is 0 Å². The summed E-state index contributed by atoms with van der Waals surface area (Å²) in [7, 11) is 0. The second kappa shape index (κ2) is 7.86. The van der Waals surface area contributed by atoms with E-state index in [-0.39, 0.29) is 5.56 Å². The maximum Gasteiger partial charge on any atom is 0.106 e. The van der Waals surface area contributed by atoms with Crippen LogP contribution < -0.4 is 10.0 Å². The fourth-order valence-electron chi connectivity index (χ4n) is 4.26. The van der Waals surface area contributed by atoms with Crippen LogP contribution in [0.4, 0.5) is 0 Å². The zero-order valence-electron chi connectivity index (χ0n) is 16.3. The molecule has 4 nitrogen and oxygen atoms in total. The SMILES string of the molecule is O=C([O-])c1c2c(nc3ccccc13)/C(=C\c1cccs1)C[NH+](Cc1ccccc1)C2. The molecule has 0 fully saturated rings. The number of pyridine rings is 1. The van der Waals surface area contributed by atoms with Crippen molar-refractivity contribution in [2.45, 2.75) is 13.1 Å². The lowest BCUT2D eigenvalue weighted by Gasteiger charge is -2.30. The Bertz CT molecular complexity index is 1250. The number of hydrogen-bond donors (Lipinski definition) is 1. The van der Waals surface area contributed by atoms with Gasteiger partial charge in [0.1, 0.15) is 19.6 Å². The van der Waals surface area contributed by atoms with E-state index in [1.807, 2.05) is 53.9 Å². The van der Waals surface area contributed by atoms with Crippen LogP contribution in [0.3, 0.4) is 0 Å². The predicted molar refractivity (Wildman–Crippen MR) is 118 cm³/mol. The van der Waals surface area contributed by atoms with Crippen molar-refractivity contribution in [3.63, 3.8) is 0 Å². The minimum Gasteiger partial charge on any atom is -0.545 e. The number of para-hydroxylation sites is 1. The average molecular weight is 413 g/mol. The number of carboxylic acid groups (broad SMARTS) is 1. The zero-order valence-corrected chi connectivity index (χ0v) is 17.1. The number of nitrogens with one attached hydrogen (secondary N) is 1. The summed E-state index contributed by atoms with van der Waals surface area (Å²) in [5.41, 5.74) is 4.83. The number of carbonyl (C=O) groups is 1. The van der Waals surface area contributed by atoms with Crippen LogP contribution in [0.25, 0.3) is 22.6 Å². The molecule has 30 heavy (non-hydrogen) atoms. The molecule has 1 unspecified atom stereocenters. The van der Waals surface area contributed by atoms with Gasteiger partial charge in [0.25, 0.3) is 0 Å². The molecule has 2 aromatic heterocycles. The number of quaternary nitrogens is 1. The Labute approximate surface area is 178 Å². The van der Waals surface area contributed by atoms with E-state index in [4.69, 9.17) is 4.98 Å². The molecule has 0 amide bonds. The van der Waals surface area contributed by atoms with Crippen LogP contribution in [0.15, 0.2) is 72.1 Å². The number of nitrogens with zero attached hydrogens (tertiary/aromatic N) is 1. The highest BCUT2D eigenvalue weighted by atomic mass is 32.1. The second-order valence-electron chi connectivity index (χ2n) is 7.57. The molecule has 0 radical (unpaired) electrons. The molecule has 0 saturated carbocycles. The Morgan fingerprint density at radius 1 is 1.03 bits per heavy atom. The molecule has 148 valence electrons. The third kappa shape index (κ3) is 3.54. The summed E-state index contributed by atoms with van der Waals surface area (Å²) < 4.78 is 0. The van der Waals surface area contributed by atoms with Crippen LogP contribution in [0.5, 0.6) is 0 Å². The van der Waals surface area contributed by atoms with Crippen molar-refractivity contribution in [1.29, 1.82) is 0 Å². The summed E-state index contributed by atoms with van der Waals surface area (Å²) in [6.07, 6.45) is 2.15. The van der Waals surface area contributed by atoms with Crippen molar-refractivity contribution < 1.29 is 14.8 Å². The van der Waals surface area contributed by atoms with E-state index in [0.29, 0.717) is 17.4 Å². The number of benzene rings is 2. The summed E-state index contributed by atoms with van der Waals surface area (Å²) in [5.74, 6) is -1.14. The first kappa shape index (κ1) is 18.7. The standard InChI is InChI=1S/C25H20N2O2S/c28-25(29)23-20-10-4-5-11-22(20)26-24-18(13-19-9-6-12-30-19)15-27(16-21(23)24)14-17-7-2-1-3-8-17/h1-13H,14-16H2,(H,28,29)/b18-13-. The van der Waals surface area contributed by atoms with E-state index in [1.165, 1.54) is 10.5 Å². The highest BCUT2D eigenvalue weighted by Gasteiger charge is 2.29. The first-order chi connectivity index (χ1) is 14.7. The topological polar surface area (TPSA) is 57.5 Å². The van der Waals surface area contributed by atoms with Crippen molar-refractivity contribution in [2.75, 3.05) is 6.54 Å². The average Bonchev–Trinajstić information content (AvgIpc) is 3.26. The summed E-state index contributed by atoms with van der Waals surface area (Å²) >= 11 is 1.67. The normalized spacial score (nSPS) is 17.2. The second-order valence-corrected chi connectivity index (χ2v) is 8.55. The van der Waals surface area contributed by atoms with Gasteiger partial charge < -0.3 is 14.8 Å². The molecule has 0 spiro atoms. The highest BCUT2D eigenvalue weighted by Crippen LogP contribution is 2.30. The Morgan fingerprint density at radius 3 is 2.60 bits per heavy atom. The van der Waals surface area contributed by atoms with Gasteiger partial charge in [0.05, 0.1) is 17.2 Å². The molecule has 5 rings (SSSR count). The summed E-state index contributed by atoms with van der Waals surface area (Å²) in [6.45, 7) is 2.21. The van der Waals surface area contributed by atoms with Crippen molar-refractivity contribution in [1.82, 2.24) is 4.98 Å². The maximum absolute atomic E-state index is 12.2. The fraction of sp³-hybridized carbons (Fsp3) is 0.120. The Morgan fingerprint density at radius 2 is 1.83 bits per heavy atom. The first-order valence-electron chi connectivity index (χ1n) is 9.94. The van der Waals surface area contributed by atoms with Gasteiger partial charge in [-0.3, -0.25) is 0 Å². The minimum atomic E-state index is -1.14. The lowest BCUT2D eigenvalue weighted by molar-refractivity contribution is -0.921. The summed E-state index contributed by atoms with van der Waals surface area (Å²) in [4.78, 5) is 19.5. The smallest absolute Gasteiger partial charge is 0.106 e. The van der Waals surface area contributed by atoms with Crippen molar-refractivity contribution in [3.8, 4) is 0 Å². The number of carboxylic acids is 1. The third-order valence-corrected chi connectivity index (χ3v) is 6.34. The number of aromatic carboxylic acids is 1. The number of fused-ring (bicyclic) bond motifs is 2. The third-order valence-electron chi connectivity index (χ3n) is 5.53. The molecule has 4 aromatic rings. The highest BCUT2D eigenvalue weighted by molar-refractivity contribution is 7.10. The molecule has 0 saturated heterocycles. The van der Waals surface area contributed by atoms with Gasteiger partial charge in [-0.15, -0.1) is 11.3 Å². The van der Waals surface area contributed by atoms with Gasteiger partial charge in [-0.05, 0) is 23.6 Å². The number of hydrogen-bond acceptors (Lipinski definition) is 4. The monoisotopic (exact) mass is 412 g/mol. The molecule has 3 heterocycles. The van der Waals surface area contributed by atoms with Crippen LogP contribution in [-0.2, 0) is 13.1 Å². The van der Waals surface area contributed by atoms with Crippen LogP contribution >= 0.6 is 11.3 Å². The molecule has 0 bridgehead atoms. The summed E-state index contributed by atoms with van der Waals surface area (Å²) in [6, 6.07) is 21.8. The maximum atomic E-state index is 12.2. The molecule has 5 heteroatoms. The van der Waals surface area contributed by atoms with Crippen molar-refractivity contribution in [3.05, 3.63) is 99.4 Å². The molecule has 1 atom stereocenters.